The highest BCUT2D eigenvalue weighted by molar-refractivity contribution is 6.46. The largest absolute Gasteiger partial charge is 0.507 e. The maximum Gasteiger partial charge on any atom is 0.275 e. The Morgan fingerprint density at radius 3 is 2.15 bits per heavy atom. The maximum absolute atomic E-state index is 13.5. The van der Waals surface area contributed by atoms with Crippen LogP contribution in [0, 0.1) is 0 Å². The van der Waals surface area contributed by atoms with Crippen LogP contribution >= 0.6 is 0 Å². The van der Waals surface area contributed by atoms with Gasteiger partial charge in [0.15, 0.2) is 5.78 Å². The number of phenols is 1. The van der Waals surface area contributed by atoms with Gasteiger partial charge >= 0.3 is 0 Å². The van der Waals surface area contributed by atoms with Crippen LogP contribution in [0.25, 0.3) is 0 Å². The molecule has 0 fully saturated rings. The zero-order chi connectivity index (χ0) is 29.0. The summed E-state index contributed by atoms with van der Waals surface area (Å²) in [4.78, 5) is 39.5. The van der Waals surface area contributed by atoms with Crippen molar-refractivity contribution in [2.75, 3.05) is 15.4 Å². The Kier molecular flexibility index (Phi) is 8.27. The first-order valence-corrected chi connectivity index (χ1v) is 12.5. The monoisotopic (exact) mass is 543 g/mol. The number of hydroxylamine groups is 2. The zero-order valence-electron chi connectivity index (χ0n) is 22.1. The summed E-state index contributed by atoms with van der Waals surface area (Å²) in [6, 6.07) is 19.3. The van der Waals surface area contributed by atoms with E-state index in [2.05, 4.69) is 15.8 Å². The van der Waals surface area contributed by atoms with E-state index in [1.54, 1.807) is 42.5 Å². The van der Waals surface area contributed by atoms with Crippen molar-refractivity contribution in [2.45, 2.75) is 33.1 Å². The molecule has 1 aliphatic heterocycles. The summed E-state index contributed by atoms with van der Waals surface area (Å²) in [7, 11) is 0. The molecule has 1 aliphatic rings. The molecule has 2 amide bonds. The molecular weight excluding hydrogens is 514 g/mol. The van der Waals surface area contributed by atoms with Crippen molar-refractivity contribution in [1.82, 2.24) is 5.43 Å². The van der Waals surface area contributed by atoms with Gasteiger partial charge in [-0.15, -0.1) is 0 Å². The van der Waals surface area contributed by atoms with Crippen LogP contribution in [0.3, 0.4) is 0 Å². The second kappa shape index (κ2) is 11.8. The van der Waals surface area contributed by atoms with Gasteiger partial charge in [-0.25, -0.2) is 15.6 Å². The van der Waals surface area contributed by atoms with Gasteiger partial charge in [-0.2, -0.15) is 5.10 Å². The number of amides is 2. The molecule has 5 N–H and O–H groups in total. The van der Waals surface area contributed by atoms with Gasteiger partial charge in [-0.3, -0.25) is 24.8 Å². The molecule has 0 unspecified atom stereocenters. The highest BCUT2D eigenvalue weighted by Crippen LogP contribution is 2.37. The Labute approximate surface area is 230 Å². The van der Waals surface area contributed by atoms with Crippen molar-refractivity contribution in [2.24, 2.45) is 5.10 Å². The molecule has 11 nitrogen and oxygen atoms in total. The molecule has 0 aliphatic carbocycles. The van der Waals surface area contributed by atoms with Gasteiger partial charge in [0.05, 0.1) is 29.1 Å². The number of carbonyl (C=O) groups is 3. The summed E-state index contributed by atoms with van der Waals surface area (Å²) in [5.74, 6) is -2.53. The average Bonchev–Trinajstić information content (AvgIpc) is 2.94. The van der Waals surface area contributed by atoms with Crippen molar-refractivity contribution in [3.63, 3.8) is 0 Å². The van der Waals surface area contributed by atoms with Crippen LogP contribution in [0.2, 0.25) is 0 Å². The molecule has 0 radical (unpaired) electrons. The Balaban J connectivity index is 1.66. The number of hydrazone groups is 1. The van der Waals surface area contributed by atoms with E-state index in [4.69, 9.17) is 0 Å². The molecule has 3 aromatic carbocycles. The Bertz CT molecular complexity index is 1530. The number of nitrogens with one attached hydrogen (secondary N) is 2. The van der Waals surface area contributed by atoms with Gasteiger partial charge in [0.2, 0.25) is 0 Å². The highest BCUT2D eigenvalue weighted by atomic mass is 16.5. The topological polar surface area (TPSA) is 155 Å². The smallest absolute Gasteiger partial charge is 0.275 e. The van der Waals surface area contributed by atoms with E-state index in [0.717, 1.165) is 10.6 Å². The van der Waals surface area contributed by atoms with Gasteiger partial charge < -0.3 is 10.4 Å². The van der Waals surface area contributed by atoms with E-state index < -0.39 is 24.0 Å². The molecule has 1 heterocycles. The van der Waals surface area contributed by atoms with Gasteiger partial charge in [-0.1, -0.05) is 56.3 Å². The average molecular weight is 544 g/mol. The van der Waals surface area contributed by atoms with Crippen LogP contribution in [-0.4, -0.2) is 38.8 Å². The second-order valence-corrected chi connectivity index (χ2v) is 9.36. The van der Waals surface area contributed by atoms with Crippen LogP contribution in [0.1, 0.15) is 49.0 Å². The predicted octanol–water partition coefficient (Wildman–Crippen LogP) is 4.54. The number of anilines is 3. The molecule has 40 heavy (non-hydrogen) atoms. The SMILES string of the molecule is CC1=C(C(=O)CC(=NNC(=O)c2ccccc2O)C(=O)Nc2ccccc2C(C)C)N(O)c2ccccc2N1O. The molecule has 206 valence electrons. The van der Waals surface area contributed by atoms with Crippen molar-refractivity contribution in [3.05, 3.63) is 95.3 Å². The lowest BCUT2D eigenvalue weighted by atomic mass is 10.0. The summed E-state index contributed by atoms with van der Waals surface area (Å²) in [5.41, 5.74) is 3.27. The maximum atomic E-state index is 13.5. The second-order valence-electron chi connectivity index (χ2n) is 9.36. The molecule has 3 aromatic rings. The number of hydrogen-bond donors (Lipinski definition) is 5. The zero-order valence-corrected chi connectivity index (χ0v) is 22.1. The molecule has 0 saturated carbocycles. The van der Waals surface area contributed by atoms with E-state index in [-0.39, 0.29) is 45.7 Å². The van der Waals surface area contributed by atoms with Crippen LogP contribution in [0.15, 0.2) is 89.3 Å². The number of fused-ring (bicyclic) bond motifs is 1. The first-order chi connectivity index (χ1) is 19.1. The third kappa shape index (κ3) is 5.70. The number of hydrogen-bond acceptors (Lipinski definition) is 9. The molecule has 0 aromatic heterocycles. The molecule has 11 heteroatoms. The molecule has 0 spiro atoms. The fourth-order valence-electron chi connectivity index (χ4n) is 4.26. The minimum Gasteiger partial charge on any atom is -0.507 e. The third-order valence-electron chi connectivity index (χ3n) is 6.34. The first kappa shape index (κ1) is 28.0. The number of ketones is 1. The number of benzene rings is 3. The van der Waals surface area contributed by atoms with Crippen LogP contribution in [0.5, 0.6) is 5.75 Å². The number of allylic oxidation sites excluding steroid dienone is 2. The van der Waals surface area contributed by atoms with Crippen molar-refractivity contribution in [3.8, 4) is 5.75 Å². The number of rotatable bonds is 8. The number of para-hydroxylation sites is 4. The lowest BCUT2D eigenvalue weighted by Gasteiger charge is -2.33. The highest BCUT2D eigenvalue weighted by Gasteiger charge is 2.33. The molecule has 4 rings (SSSR count). The summed E-state index contributed by atoms with van der Waals surface area (Å²) in [6.07, 6.45) is -0.642. The fourth-order valence-corrected chi connectivity index (χ4v) is 4.26. The Morgan fingerprint density at radius 1 is 0.875 bits per heavy atom. The van der Waals surface area contributed by atoms with E-state index in [0.29, 0.717) is 10.8 Å². The standard InChI is InChI=1S/C29H29N5O6/c1-17(2)19-10-4-6-12-21(19)30-29(38)22(31-32-28(37)20-11-5-9-15-25(20)35)16-26(36)27-18(3)33(39)23-13-7-8-14-24(23)34(27)40/h4-15,17,35,39-40H,16H2,1-3H3,(H,30,38)(H,32,37). The lowest BCUT2D eigenvalue weighted by Crippen LogP contribution is -2.37. The summed E-state index contributed by atoms with van der Waals surface area (Å²) >= 11 is 0. The minimum atomic E-state index is -0.800. The summed E-state index contributed by atoms with van der Waals surface area (Å²) in [6.45, 7) is 5.35. The van der Waals surface area contributed by atoms with Crippen LogP contribution in [-0.2, 0) is 9.59 Å². The first-order valence-electron chi connectivity index (χ1n) is 12.5. The van der Waals surface area contributed by atoms with Gasteiger partial charge in [-0.05, 0) is 48.7 Å². The van der Waals surface area contributed by atoms with Gasteiger partial charge in [0.1, 0.15) is 17.2 Å². The van der Waals surface area contributed by atoms with E-state index >= 15 is 0 Å². The Hall–Kier alpha value is -5.00. The quantitative estimate of drug-likeness (QED) is 0.205. The minimum absolute atomic E-state index is 0.0226. The number of carbonyl (C=O) groups excluding carboxylic acids is 3. The molecule has 0 atom stereocenters. The van der Waals surface area contributed by atoms with Gasteiger partial charge in [0, 0.05) is 5.69 Å². The third-order valence-corrected chi connectivity index (χ3v) is 6.34. The number of aromatic hydroxyl groups is 1. The van der Waals surface area contributed by atoms with E-state index in [1.165, 1.54) is 25.1 Å². The summed E-state index contributed by atoms with van der Waals surface area (Å²) < 4.78 is 0. The molecular formula is C29H29N5O6. The van der Waals surface area contributed by atoms with Crippen molar-refractivity contribution < 1.29 is 29.9 Å². The predicted molar refractivity (Wildman–Crippen MR) is 149 cm³/mol. The number of phenolic OH excluding ortho intramolecular Hbond substituents is 1. The number of Topliss-reactive ketones (excluding diaryl/α,β-unsaturated/α-hetero) is 1. The lowest BCUT2D eigenvalue weighted by molar-refractivity contribution is -0.116. The van der Waals surface area contributed by atoms with Gasteiger partial charge in [0.25, 0.3) is 11.8 Å². The van der Waals surface area contributed by atoms with E-state index in [9.17, 15) is 29.9 Å². The normalized spacial score (nSPS) is 13.3. The Morgan fingerprint density at radius 2 is 1.48 bits per heavy atom. The number of nitrogens with zero attached hydrogens (tertiary/aromatic N) is 3. The van der Waals surface area contributed by atoms with Crippen molar-refractivity contribution >= 4 is 40.4 Å². The van der Waals surface area contributed by atoms with Crippen molar-refractivity contribution in [1.29, 1.82) is 0 Å². The van der Waals surface area contributed by atoms with E-state index in [1.807, 2.05) is 26.0 Å². The van der Waals surface area contributed by atoms with Crippen LogP contribution < -0.4 is 20.9 Å². The fraction of sp³-hybridized carbons (Fsp3) is 0.172. The molecule has 0 bridgehead atoms. The summed E-state index contributed by atoms with van der Waals surface area (Å²) in [5, 5.41) is 39.5. The molecule has 0 saturated heterocycles. The van der Waals surface area contributed by atoms with Crippen LogP contribution in [0.4, 0.5) is 17.1 Å².